The topological polar surface area (TPSA) is 15.6 Å². The lowest BCUT2D eigenvalue weighted by Crippen LogP contribution is -2.25. The van der Waals surface area contributed by atoms with Gasteiger partial charge in [-0.1, -0.05) is 67.9 Å². The maximum atomic E-state index is 5.15. The van der Waals surface area contributed by atoms with Crippen molar-refractivity contribution in [2.24, 2.45) is 4.99 Å². The van der Waals surface area contributed by atoms with Gasteiger partial charge in [0.05, 0.1) is 0 Å². The molecule has 0 N–H and O–H groups in total. The van der Waals surface area contributed by atoms with Crippen LogP contribution in [0, 0.1) is 0 Å². The van der Waals surface area contributed by atoms with E-state index in [0.29, 0.717) is 0 Å². The summed E-state index contributed by atoms with van der Waals surface area (Å²) in [4.78, 5) is 7.47. The summed E-state index contributed by atoms with van der Waals surface area (Å²) in [6.45, 7) is 3.18. The predicted molar refractivity (Wildman–Crippen MR) is 93.2 cm³/mol. The Morgan fingerprint density at radius 1 is 1.05 bits per heavy atom. The molecule has 0 radical (unpaired) electrons. The molecule has 1 heterocycles. The van der Waals surface area contributed by atoms with Crippen LogP contribution in [0.3, 0.4) is 0 Å². The number of amidine groups is 1. The van der Waals surface area contributed by atoms with E-state index in [4.69, 9.17) is 4.99 Å². The van der Waals surface area contributed by atoms with Crippen LogP contribution in [0.1, 0.15) is 48.9 Å². The monoisotopic (exact) mass is 292 g/mol. The molecule has 2 heteroatoms. The van der Waals surface area contributed by atoms with Crippen molar-refractivity contribution >= 4 is 5.84 Å². The third-order valence-electron chi connectivity index (χ3n) is 4.35. The highest BCUT2D eigenvalue weighted by Gasteiger charge is 2.22. The highest BCUT2D eigenvalue weighted by Crippen LogP contribution is 2.32. The van der Waals surface area contributed by atoms with Crippen molar-refractivity contribution in [1.82, 2.24) is 4.90 Å². The van der Waals surface area contributed by atoms with Gasteiger partial charge in [0.1, 0.15) is 11.9 Å². The summed E-state index contributed by atoms with van der Waals surface area (Å²) >= 11 is 0. The normalized spacial score (nSPS) is 17.6. The summed E-state index contributed by atoms with van der Waals surface area (Å²) in [5.74, 6) is 1.23. The van der Waals surface area contributed by atoms with Gasteiger partial charge in [0, 0.05) is 20.0 Å². The second-order valence-corrected chi connectivity index (χ2v) is 6.02. The molecular weight excluding hydrogens is 268 g/mol. The lowest BCUT2D eigenvalue weighted by atomic mass is 9.95. The lowest BCUT2D eigenvalue weighted by molar-refractivity contribution is 0.487. The Morgan fingerprint density at radius 2 is 1.77 bits per heavy atom. The number of rotatable bonds is 4. The molecule has 0 aromatic heterocycles. The Labute approximate surface area is 133 Å². The van der Waals surface area contributed by atoms with E-state index in [2.05, 4.69) is 73.5 Å². The molecule has 2 aromatic carbocycles. The lowest BCUT2D eigenvalue weighted by Gasteiger charge is -2.19. The number of unbranched alkanes of at least 4 members (excludes halogenated alkanes) is 1. The number of hydrogen-bond donors (Lipinski definition) is 0. The van der Waals surface area contributed by atoms with E-state index < -0.39 is 0 Å². The second-order valence-electron chi connectivity index (χ2n) is 6.02. The van der Waals surface area contributed by atoms with Crippen LogP contribution in [-0.2, 0) is 6.54 Å². The van der Waals surface area contributed by atoms with Crippen LogP contribution in [0.4, 0.5) is 0 Å². The molecule has 0 aliphatic carbocycles. The highest BCUT2D eigenvalue weighted by molar-refractivity contribution is 5.83. The molecule has 0 fully saturated rings. The van der Waals surface area contributed by atoms with Crippen molar-refractivity contribution in [3.63, 3.8) is 0 Å². The zero-order chi connectivity index (χ0) is 15.4. The van der Waals surface area contributed by atoms with Gasteiger partial charge >= 0.3 is 0 Å². The first-order chi connectivity index (χ1) is 10.8. The number of hydrogen-bond acceptors (Lipinski definition) is 2. The summed E-state index contributed by atoms with van der Waals surface area (Å²) < 4.78 is 0. The first-order valence-electron chi connectivity index (χ1n) is 8.20. The summed E-state index contributed by atoms with van der Waals surface area (Å²) in [6.07, 6.45) is 3.46. The maximum Gasteiger partial charge on any atom is 0.102 e. The Kier molecular flexibility index (Phi) is 4.57. The maximum absolute atomic E-state index is 5.15. The third-order valence-corrected chi connectivity index (χ3v) is 4.35. The van der Waals surface area contributed by atoms with Gasteiger partial charge in [0.2, 0.25) is 0 Å². The van der Waals surface area contributed by atoms with Gasteiger partial charge < -0.3 is 4.90 Å². The number of nitrogens with zero attached hydrogens (tertiary/aromatic N) is 2. The summed E-state index contributed by atoms with van der Waals surface area (Å²) in [5, 5.41) is 0. The van der Waals surface area contributed by atoms with Crippen LogP contribution < -0.4 is 0 Å². The Hall–Kier alpha value is -2.09. The Balaban J connectivity index is 2.06. The van der Waals surface area contributed by atoms with Crippen LogP contribution in [0.25, 0.3) is 0 Å². The van der Waals surface area contributed by atoms with Crippen molar-refractivity contribution in [1.29, 1.82) is 0 Å². The molecule has 114 valence electrons. The first-order valence-corrected chi connectivity index (χ1v) is 8.20. The average molecular weight is 292 g/mol. The molecule has 2 nitrogen and oxygen atoms in total. The fraction of sp³-hybridized carbons (Fsp3) is 0.350. The Morgan fingerprint density at radius 3 is 2.55 bits per heavy atom. The zero-order valence-electron chi connectivity index (χ0n) is 13.5. The average Bonchev–Trinajstić information content (AvgIpc) is 2.70. The molecule has 1 atom stereocenters. The van der Waals surface area contributed by atoms with Gasteiger partial charge in [0.25, 0.3) is 0 Å². The molecule has 3 rings (SSSR count). The fourth-order valence-electron chi connectivity index (χ4n) is 3.09. The molecule has 1 aliphatic heterocycles. The van der Waals surface area contributed by atoms with E-state index in [1.807, 2.05) is 0 Å². The summed E-state index contributed by atoms with van der Waals surface area (Å²) in [7, 11) is 2.17. The van der Waals surface area contributed by atoms with E-state index in [-0.39, 0.29) is 6.04 Å². The quantitative estimate of drug-likeness (QED) is 0.789. The number of benzene rings is 2. The molecule has 0 unspecified atom stereocenters. The molecule has 0 saturated heterocycles. The molecule has 0 spiro atoms. The largest absolute Gasteiger partial charge is 0.359 e. The SMILES string of the molecule is CCCCC1=N[C@H](c2ccccc2)c2ccccc2CN1C. The minimum absolute atomic E-state index is 0.120. The van der Waals surface area contributed by atoms with E-state index in [0.717, 1.165) is 13.0 Å². The van der Waals surface area contributed by atoms with Gasteiger partial charge in [-0.2, -0.15) is 0 Å². The summed E-state index contributed by atoms with van der Waals surface area (Å²) in [6, 6.07) is 19.5. The van der Waals surface area contributed by atoms with Crippen molar-refractivity contribution < 1.29 is 0 Å². The van der Waals surface area contributed by atoms with Crippen LogP contribution in [-0.4, -0.2) is 17.8 Å². The van der Waals surface area contributed by atoms with Gasteiger partial charge in [-0.25, -0.2) is 0 Å². The predicted octanol–water partition coefficient (Wildman–Crippen LogP) is 4.81. The minimum atomic E-state index is 0.120. The molecule has 0 bridgehead atoms. The van der Waals surface area contributed by atoms with Crippen molar-refractivity contribution in [2.45, 2.75) is 38.8 Å². The molecule has 2 aromatic rings. The highest BCUT2D eigenvalue weighted by atomic mass is 15.2. The van der Waals surface area contributed by atoms with Crippen LogP contribution in [0.15, 0.2) is 59.6 Å². The zero-order valence-corrected chi connectivity index (χ0v) is 13.5. The number of aliphatic imine (C=N–C) groups is 1. The van der Waals surface area contributed by atoms with Crippen LogP contribution >= 0.6 is 0 Å². The van der Waals surface area contributed by atoms with E-state index in [1.165, 1.54) is 35.4 Å². The summed E-state index contributed by atoms with van der Waals surface area (Å²) in [5.41, 5.74) is 4.00. The van der Waals surface area contributed by atoms with Crippen molar-refractivity contribution in [3.8, 4) is 0 Å². The minimum Gasteiger partial charge on any atom is -0.359 e. The van der Waals surface area contributed by atoms with Gasteiger partial charge in [-0.05, 0) is 23.1 Å². The van der Waals surface area contributed by atoms with Gasteiger partial charge in [-0.3, -0.25) is 4.99 Å². The molecule has 22 heavy (non-hydrogen) atoms. The molecule has 0 saturated carbocycles. The fourth-order valence-corrected chi connectivity index (χ4v) is 3.09. The molecular formula is C20H24N2. The van der Waals surface area contributed by atoms with Crippen LogP contribution in [0.2, 0.25) is 0 Å². The molecule has 0 amide bonds. The van der Waals surface area contributed by atoms with Crippen molar-refractivity contribution in [2.75, 3.05) is 7.05 Å². The van der Waals surface area contributed by atoms with E-state index in [1.54, 1.807) is 0 Å². The number of fused-ring (bicyclic) bond motifs is 1. The second kappa shape index (κ2) is 6.78. The molecule has 1 aliphatic rings. The van der Waals surface area contributed by atoms with E-state index >= 15 is 0 Å². The standard InChI is InChI=1S/C20H24N2/c1-3-4-14-19-21-20(16-10-6-5-7-11-16)18-13-9-8-12-17(18)15-22(19)2/h5-13,20H,3-4,14-15H2,1-2H3/t20-/m1/s1. The first kappa shape index (κ1) is 14.8. The van der Waals surface area contributed by atoms with E-state index in [9.17, 15) is 0 Å². The Bertz CT molecular complexity index is 646. The smallest absolute Gasteiger partial charge is 0.102 e. The van der Waals surface area contributed by atoms with Gasteiger partial charge in [0.15, 0.2) is 0 Å². The van der Waals surface area contributed by atoms with Crippen molar-refractivity contribution in [3.05, 3.63) is 71.3 Å². The van der Waals surface area contributed by atoms with Gasteiger partial charge in [-0.15, -0.1) is 0 Å². The third kappa shape index (κ3) is 3.06. The van der Waals surface area contributed by atoms with Crippen LogP contribution in [0.5, 0.6) is 0 Å².